The number of hydrogen-bond donors (Lipinski definition) is 4. The van der Waals surface area contributed by atoms with E-state index in [4.69, 9.17) is 10.2 Å². The van der Waals surface area contributed by atoms with Crippen molar-refractivity contribution in [2.75, 3.05) is 11.9 Å². The van der Waals surface area contributed by atoms with Crippen LogP contribution in [0.2, 0.25) is 0 Å². The third-order valence-corrected chi connectivity index (χ3v) is 2.58. The quantitative estimate of drug-likeness (QED) is 0.622. The molecule has 0 aromatic heterocycles. The van der Waals surface area contributed by atoms with Crippen LogP contribution in [-0.2, 0) is 11.2 Å². The van der Waals surface area contributed by atoms with Crippen LogP contribution in [-0.4, -0.2) is 34.9 Å². The Morgan fingerprint density at radius 3 is 2.74 bits per heavy atom. The van der Waals surface area contributed by atoms with E-state index in [0.717, 1.165) is 12.0 Å². The molecule has 0 heterocycles. The molecule has 1 aromatic rings. The van der Waals surface area contributed by atoms with Crippen LogP contribution in [0.5, 0.6) is 0 Å². The number of urea groups is 1. The molecule has 1 aromatic carbocycles. The molecule has 19 heavy (non-hydrogen) atoms. The van der Waals surface area contributed by atoms with Gasteiger partial charge in [0.15, 0.2) is 6.10 Å². The second kappa shape index (κ2) is 7.38. The van der Waals surface area contributed by atoms with Crippen molar-refractivity contribution in [2.45, 2.75) is 25.9 Å². The Morgan fingerprint density at radius 1 is 1.37 bits per heavy atom. The highest BCUT2D eigenvalue weighted by Gasteiger charge is 2.12. The minimum Gasteiger partial charge on any atom is -0.479 e. The van der Waals surface area contributed by atoms with Crippen molar-refractivity contribution in [1.29, 1.82) is 0 Å². The van der Waals surface area contributed by atoms with Crippen LogP contribution in [0.1, 0.15) is 18.9 Å². The van der Waals surface area contributed by atoms with Gasteiger partial charge in [-0.2, -0.15) is 0 Å². The van der Waals surface area contributed by atoms with Crippen molar-refractivity contribution >= 4 is 17.7 Å². The van der Waals surface area contributed by atoms with Gasteiger partial charge in [0.25, 0.3) is 0 Å². The molecule has 6 nitrogen and oxygen atoms in total. The van der Waals surface area contributed by atoms with Crippen molar-refractivity contribution in [3.8, 4) is 0 Å². The number of aliphatic hydroxyl groups is 1. The van der Waals surface area contributed by atoms with Gasteiger partial charge in [0, 0.05) is 18.7 Å². The lowest BCUT2D eigenvalue weighted by atomic mass is 10.1. The molecule has 0 fully saturated rings. The van der Waals surface area contributed by atoms with Gasteiger partial charge in [0.05, 0.1) is 0 Å². The van der Waals surface area contributed by atoms with E-state index >= 15 is 0 Å². The zero-order valence-electron chi connectivity index (χ0n) is 10.7. The van der Waals surface area contributed by atoms with Crippen molar-refractivity contribution in [2.24, 2.45) is 0 Å². The number of amides is 2. The average Bonchev–Trinajstić information content (AvgIpc) is 2.38. The number of carbonyl (C=O) groups is 2. The number of rotatable bonds is 6. The van der Waals surface area contributed by atoms with Crippen LogP contribution in [0.25, 0.3) is 0 Å². The number of carboxylic acid groups (broad SMARTS) is 1. The third kappa shape index (κ3) is 5.39. The van der Waals surface area contributed by atoms with E-state index in [0.29, 0.717) is 5.69 Å². The molecule has 0 saturated carbocycles. The smallest absolute Gasteiger partial charge is 0.332 e. The molecule has 0 bridgehead atoms. The maximum atomic E-state index is 11.5. The number of aliphatic carboxylic acids is 1. The Labute approximate surface area is 111 Å². The Kier molecular flexibility index (Phi) is 5.81. The van der Waals surface area contributed by atoms with E-state index in [2.05, 4.69) is 10.6 Å². The van der Waals surface area contributed by atoms with Crippen molar-refractivity contribution < 1.29 is 19.8 Å². The third-order valence-electron chi connectivity index (χ3n) is 2.58. The second-order valence-corrected chi connectivity index (χ2v) is 4.08. The maximum absolute atomic E-state index is 11.5. The molecule has 6 heteroatoms. The number of aryl methyl sites for hydroxylation is 1. The minimum atomic E-state index is -1.45. The number of carbonyl (C=O) groups excluding carboxylic acids is 1. The Balaban J connectivity index is 2.36. The minimum absolute atomic E-state index is 0.0300. The number of hydrogen-bond acceptors (Lipinski definition) is 3. The van der Waals surface area contributed by atoms with Gasteiger partial charge in [0.1, 0.15) is 0 Å². The van der Waals surface area contributed by atoms with E-state index in [9.17, 15) is 9.59 Å². The number of aliphatic hydroxyl groups excluding tert-OH is 1. The Bertz CT molecular complexity index is 448. The predicted molar refractivity (Wildman–Crippen MR) is 71.1 cm³/mol. The van der Waals surface area contributed by atoms with Crippen molar-refractivity contribution in [3.63, 3.8) is 0 Å². The van der Waals surface area contributed by atoms with Crippen LogP contribution < -0.4 is 10.6 Å². The normalized spacial score (nSPS) is 11.7. The van der Waals surface area contributed by atoms with Gasteiger partial charge in [0.2, 0.25) is 0 Å². The first-order valence-electron chi connectivity index (χ1n) is 6.07. The molecule has 104 valence electrons. The first-order valence-corrected chi connectivity index (χ1v) is 6.07. The Morgan fingerprint density at radius 2 is 2.11 bits per heavy atom. The summed E-state index contributed by atoms with van der Waals surface area (Å²) in [7, 11) is 0. The predicted octanol–water partition coefficient (Wildman–Crippen LogP) is 1.21. The van der Waals surface area contributed by atoms with Crippen LogP contribution in [0.4, 0.5) is 10.5 Å². The summed E-state index contributed by atoms with van der Waals surface area (Å²) in [4.78, 5) is 21.9. The largest absolute Gasteiger partial charge is 0.479 e. The Hall–Kier alpha value is -2.08. The first-order chi connectivity index (χ1) is 9.02. The monoisotopic (exact) mass is 266 g/mol. The fourth-order valence-corrected chi connectivity index (χ4v) is 1.49. The molecule has 0 saturated heterocycles. The molecule has 4 N–H and O–H groups in total. The topological polar surface area (TPSA) is 98.7 Å². The molecule has 0 aliphatic rings. The molecule has 1 rings (SSSR count). The number of carboxylic acids is 1. The highest BCUT2D eigenvalue weighted by molar-refractivity contribution is 5.89. The first kappa shape index (κ1) is 15.0. The summed E-state index contributed by atoms with van der Waals surface area (Å²) in [5, 5.41) is 22.6. The summed E-state index contributed by atoms with van der Waals surface area (Å²) < 4.78 is 0. The standard InChI is InChI=1S/C13H18N2O4/c1-2-9-4-3-5-10(8-9)15-13(19)14-7-6-11(16)12(17)18/h3-5,8,11,16H,2,6-7H2,1H3,(H,17,18)(H2,14,15,19). The van der Waals surface area contributed by atoms with Gasteiger partial charge in [-0.1, -0.05) is 19.1 Å². The lowest BCUT2D eigenvalue weighted by Crippen LogP contribution is -2.33. The number of nitrogens with one attached hydrogen (secondary N) is 2. The average molecular weight is 266 g/mol. The van der Waals surface area contributed by atoms with E-state index in [1.54, 1.807) is 6.07 Å². The lowest BCUT2D eigenvalue weighted by molar-refractivity contribution is -0.146. The van der Waals surface area contributed by atoms with Gasteiger partial charge in [-0.3, -0.25) is 0 Å². The summed E-state index contributed by atoms with van der Waals surface area (Å²) in [6.45, 7) is 2.11. The summed E-state index contributed by atoms with van der Waals surface area (Å²) in [6, 6.07) is 7.02. The molecule has 2 amide bonds. The molecule has 0 radical (unpaired) electrons. The zero-order valence-corrected chi connectivity index (χ0v) is 10.7. The van der Waals surface area contributed by atoms with Gasteiger partial charge >= 0.3 is 12.0 Å². The van der Waals surface area contributed by atoms with Gasteiger partial charge in [-0.25, -0.2) is 9.59 Å². The SMILES string of the molecule is CCc1cccc(NC(=O)NCCC(O)C(=O)O)c1. The fraction of sp³-hybridized carbons (Fsp3) is 0.385. The summed E-state index contributed by atoms with van der Waals surface area (Å²) in [6.07, 6.45) is -0.608. The molecule has 1 unspecified atom stereocenters. The van der Waals surface area contributed by atoms with E-state index in [1.807, 2.05) is 25.1 Å². The molecule has 0 aliphatic carbocycles. The highest BCUT2D eigenvalue weighted by Crippen LogP contribution is 2.10. The summed E-state index contributed by atoms with van der Waals surface area (Å²) >= 11 is 0. The van der Waals surface area contributed by atoms with Gasteiger partial charge in [-0.05, 0) is 24.1 Å². The van der Waals surface area contributed by atoms with E-state index in [-0.39, 0.29) is 13.0 Å². The lowest BCUT2D eigenvalue weighted by Gasteiger charge is -2.09. The highest BCUT2D eigenvalue weighted by atomic mass is 16.4. The summed E-state index contributed by atoms with van der Waals surface area (Å²) in [5.74, 6) is -1.29. The summed E-state index contributed by atoms with van der Waals surface area (Å²) in [5.41, 5.74) is 1.79. The molecule has 0 spiro atoms. The molecular weight excluding hydrogens is 248 g/mol. The van der Waals surface area contributed by atoms with Crippen LogP contribution >= 0.6 is 0 Å². The molecular formula is C13H18N2O4. The van der Waals surface area contributed by atoms with Gasteiger partial charge in [-0.15, -0.1) is 0 Å². The van der Waals surface area contributed by atoms with E-state index in [1.165, 1.54) is 0 Å². The number of anilines is 1. The zero-order chi connectivity index (χ0) is 14.3. The maximum Gasteiger partial charge on any atom is 0.332 e. The molecule has 0 aliphatic heterocycles. The van der Waals surface area contributed by atoms with Crippen LogP contribution in [0, 0.1) is 0 Å². The van der Waals surface area contributed by atoms with Crippen molar-refractivity contribution in [1.82, 2.24) is 5.32 Å². The fourth-order valence-electron chi connectivity index (χ4n) is 1.49. The van der Waals surface area contributed by atoms with Crippen LogP contribution in [0.3, 0.4) is 0 Å². The number of benzene rings is 1. The van der Waals surface area contributed by atoms with Crippen molar-refractivity contribution in [3.05, 3.63) is 29.8 Å². The van der Waals surface area contributed by atoms with Gasteiger partial charge < -0.3 is 20.8 Å². The second-order valence-electron chi connectivity index (χ2n) is 4.08. The van der Waals surface area contributed by atoms with Crippen LogP contribution in [0.15, 0.2) is 24.3 Å². The van der Waals surface area contributed by atoms with E-state index < -0.39 is 18.1 Å². The molecule has 1 atom stereocenters.